The number of carbonyl (C=O) groups is 1. The van der Waals surface area contributed by atoms with Gasteiger partial charge in [0, 0.05) is 30.6 Å². The number of para-hydroxylation sites is 1. The summed E-state index contributed by atoms with van der Waals surface area (Å²) >= 11 is 0. The summed E-state index contributed by atoms with van der Waals surface area (Å²) in [7, 11) is -5.56. The van der Waals surface area contributed by atoms with Gasteiger partial charge in [0.25, 0.3) is 15.9 Å². The maximum Gasteiger partial charge on any atom is 0.264 e. The summed E-state index contributed by atoms with van der Waals surface area (Å²) < 4.78 is 55.1. The van der Waals surface area contributed by atoms with Crippen LogP contribution in [0.4, 0.5) is 11.4 Å². The van der Waals surface area contributed by atoms with Crippen molar-refractivity contribution in [1.82, 2.24) is 0 Å². The Morgan fingerprint density at radius 2 is 1.61 bits per heavy atom. The van der Waals surface area contributed by atoms with Gasteiger partial charge in [-0.1, -0.05) is 30.3 Å². The van der Waals surface area contributed by atoms with Crippen molar-refractivity contribution in [3.63, 3.8) is 0 Å². The second-order valence-corrected chi connectivity index (χ2v) is 11.5. The first-order chi connectivity index (χ1) is 15.6. The Kier molecular flexibility index (Phi) is 7.39. The highest BCUT2D eigenvalue weighted by Crippen LogP contribution is 2.23. The molecule has 33 heavy (non-hydrogen) atoms. The molecule has 0 radical (unpaired) electrons. The molecule has 0 saturated heterocycles. The van der Waals surface area contributed by atoms with E-state index in [2.05, 4.69) is 5.32 Å². The highest BCUT2D eigenvalue weighted by atomic mass is 32.2. The number of ether oxygens (including phenoxy) is 1. The van der Waals surface area contributed by atoms with Crippen LogP contribution in [0.5, 0.6) is 5.75 Å². The van der Waals surface area contributed by atoms with Crippen molar-refractivity contribution in [3.8, 4) is 5.75 Å². The number of amides is 1. The number of anilines is 2. The largest absolute Gasteiger partial charge is 0.492 e. The maximum absolute atomic E-state index is 13.0. The zero-order chi connectivity index (χ0) is 24.1. The third kappa shape index (κ3) is 6.56. The molecule has 0 aromatic heterocycles. The first-order valence-electron chi connectivity index (χ1n) is 9.92. The topological polar surface area (TPSA) is 110 Å². The van der Waals surface area contributed by atoms with E-state index in [1.165, 1.54) is 31.3 Å². The number of benzene rings is 3. The van der Waals surface area contributed by atoms with Crippen molar-refractivity contribution in [3.05, 3.63) is 84.4 Å². The maximum atomic E-state index is 13.0. The highest BCUT2D eigenvalue weighted by Gasteiger charge is 2.22. The van der Waals surface area contributed by atoms with Gasteiger partial charge < -0.3 is 10.1 Å². The van der Waals surface area contributed by atoms with E-state index in [0.717, 1.165) is 10.6 Å². The Hall–Kier alpha value is -3.37. The normalized spacial score (nSPS) is 11.6. The van der Waals surface area contributed by atoms with Gasteiger partial charge in [-0.15, -0.1) is 0 Å². The molecule has 0 saturated carbocycles. The third-order valence-corrected chi connectivity index (χ3v) is 7.38. The predicted octanol–water partition coefficient (Wildman–Crippen LogP) is 3.19. The van der Waals surface area contributed by atoms with E-state index in [1.54, 1.807) is 54.6 Å². The van der Waals surface area contributed by atoms with Crippen molar-refractivity contribution in [2.45, 2.75) is 4.90 Å². The lowest BCUT2D eigenvalue weighted by atomic mass is 10.2. The monoisotopic (exact) mass is 488 g/mol. The lowest BCUT2D eigenvalue weighted by Gasteiger charge is -2.19. The van der Waals surface area contributed by atoms with Gasteiger partial charge in [0.1, 0.15) is 12.4 Å². The molecular weight excluding hydrogens is 464 g/mol. The van der Waals surface area contributed by atoms with E-state index >= 15 is 0 Å². The predicted molar refractivity (Wildman–Crippen MR) is 128 cm³/mol. The Balaban J connectivity index is 1.74. The SMILES string of the molecule is CN(c1ccccc1)S(=O)(=O)c1cccc(C(=O)Nc2cccc(OCCS(C)(=O)=O)c2)c1. The minimum atomic E-state index is -3.87. The lowest BCUT2D eigenvalue weighted by molar-refractivity contribution is 0.102. The fourth-order valence-corrected chi connectivity index (χ4v) is 4.54. The summed E-state index contributed by atoms with van der Waals surface area (Å²) in [5.41, 5.74) is 1.09. The zero-order valence-electron chi connectivity index (χ0n) is 18.1. The van der Waals surface area contributed by atoms with Crippen LogP contribution in [0.2, 0.25) is 0 Å². The summed E-state index contributed by atoms with van der Waals surface area (Å²) in [6.45, 7) is -0.00886. The van der Waals surface area contributed by atoms with Crippen LogP contribution >= 0.6 is 0 Å². The summed E-state index contributed by atoms with van der Waals surface area (Å²) in [6.07, 6.45) is 1.12. The number of hydrogen-bond donors (Lipinski definition) is 1. The van der Waals surface area contributed by atoms with E-state index in [9.17, 15) is 21.6 Å². The van der Waals surface area contributed by atoms with Crippen LogP contribution in [0.1, 0.15) is 10.4 Å². The molecule has 1 N–H and O–H groups in total. The van der Waals surface area contributed by atoms with Crippen molar-refractivity contribution in [2.24, 2.45) is 0 Å². The summed E-state index contributed by atoms with van der Waals surface area (Å²) in [4.78, 5) is 12.7. The molecule has 0 aliphatic carbocycles. The second-order valence-electron chi connectivity index (χ2n) is 7.30. The molecule has 3 aromatic carbocycles. The van der Waals surface area contributed by atoms with Crippen molar-refractivity contribution >= 4 is 37.1 Å². The Morgan fingerprint density at radius 3 is 2.30 bits per heavy atom. The summed E-state index contributed by atoms with van der Waals surface area (Å²) in [6, 6.07) is 20.9. The minimum Gasteiger partial charge on any atom is -0.492 e. The van der Waals surface area contributed by atoms with E-state index in [1.807, 2.05) is 0 Å². The van der Waals surface area contributed by atoms with Gasteiger partial charge in [-0.3, -0.25) is 9.10 Å². The molecule has 0 aliphatic heterocycles. The first kappa shape index (κ1) is 24.3. The number of hydrogen-bond acceptors (Lipinski definition) is 6. The lowest BCUT2D eigenvalue weighted by Crippen LogP contribution is -2.26. The van der Waals surface area contributed by atoms with Gasteiger partial charge in [0.15, 0.2) is 9.84 Å². The molecule has 3 aromatic rings. The number of rotatable bonds is 9. The number of nitrogens with one attached hydrogen (secondary N) is 1. The molecule has 0 spiro atoms. The van der Waals surface area contributed by atoms with Gasteiger partial charge in [-0.05, 0) is 42.5 Å². The molecule has 0 heterocycles. The zero-order valence-corrected chi connectivity index (χ0v) is 19.8. The number of nitrogens with zero attached hydrogens (tertiary/aromatic N) is 1. The number of sulfonamides is 1. The summed E-state index contributed by atoms with van der Waals surface area (Å²) in [5.74, 6) is -0.220. The van der Waals surface area contributed by atoms with Crippen LogP contribution < -0.4 is 14.4 Å². The number of carbonyl (C=O) groups excluding carboxylic acids is 1. The van der Waals surface area contributed by atoms with Crippen LogP contribution in [-0.2, 0) is 19.9 Å². The van der Waals surface area contributed by atoms with E-state index in [4.69, 9.17) is 4.74 Å². The molecule has 174 valence electrons. The average Bonchev–Trinajstić information content (AvgIpc) is 2.78. The van der Waals surface area contributed by atoms with Crippen LogP contribution in [-0.4, -0.2) is 48.4 Å². The van der Waals surface area contributed by atoms with Gasteiger partial charge >= 0.3 is 0 Å². The fourth-order valence-electron chi connectivity index (χ4n) is 2.91. The third-order valence-electron chi connectivity index (χ3n) is 4.69. The molecule has 1 amide bonds. The highest BCUT2D eigenvalue weighted by molar-refractivity contribution is 7.92. The van der Waals surface area contributed by atoms with Crippen molar-refractivity contribution in [2.75, 3.05) is 35.3 Å². The Morgan fingerprint density at radius 1 is 0.909 bits per heavy atom. The standard InChI is InChI=1S/C23H24N2O6S2/c1-25(20-10-4-3-5-11-20)33(29,30)22-13-6-8-18(16-22)23(26)24-19-9-7-12-21(17-19)31-14-15-32(2,27)28/h3-13,16-17H,14-15H2,1-2H3,(H,24,26). The Bertz CT molecular complexity index is 1340. The summed E-state index contributed by atoms with van der Waals surface area (Å²) in [5, 5.41) is 2.70. The fraction of sp³-hybridized carbons (Fsp3) is 0.174. The molecule has 10 heteroatoms. The van der Waals surface area contributed by atoms with Crippen molar-refractivity contribution < 1.29 is 26.4 Å². The second kappa shape index (κ2) is 10.1. The molecule has 0 aliphatic rings. The molecule has 0 bridgehead atoms. The molecular formula is C23H24N2O6S2. The van der Waals surface area contributed by atoms with Crippen LogP contribution in [0.3, 0.4) is 0 Å². The molecule has 8 nitrogen and oxygen atoms in total. The minimum absolute atomic E-state index is 0.00886. The van der Waals surface area contributed by atoms with Gasteiger partial charge in [0.2, 0.25) is 0 Å². The van der Waals surface area contributed by atoms with Crippen LogP contribution in [0, 0.1) is 0 Å². The van der Waals surface area contributed by atoms with E-state index in [-0.39, 0.29) is 22.8 Å². The molecule has 0 atom stereocenters. The average molecular weight is 489 g/mol. The molecule has 0 fully saturated rings. The molecule has 0 unspecified atom stereocenters. The smallest absolute Gasteiger partial charge is 0.264 e. The molecule has 3 rings (SSSR count). The quantitative estimate of drug-likeness (QED) is 0.495. The number of sulfone groups is 1. The van der Waals surface area contributed by atoms with E-state index in [0.29, 0.717) is 17.1 Å². The van der Waals surface area contributed by atoms with Crippen molar-refractivity contribution in [1.29, 1.82) is 0 Å². The van der Waals surface area contributed by atoms with Crippen LogP contribution in [0.15, 0.2) is 83.8 Å². The van der Waals surface area contributed by atoms with Gasteiger partial charge in [-0.25, -0.2) is 16.8 Å². The van der Waals surface area contributed by atoms with Gasteiger partial charge in [0.05, 0.1) is 16.3 Å². The first-order valence-corrected chi connectivity index (χ1v) is 13.4. The van der Waals surface area contributed by atoms with Gasteiger partial charge in [-0.2, -0.15) is 0 Å². The van der Waals surface area contributed by atoms with Crippen LogP contribution in [0.25, 0.3) is 0 Å². The van der Waals surface area contributed by atoms with E-state index < -0.39 is 25.8 Å². The Labute approximate surface area is 193 Å².